The first-order valence-corrected chi connectivity index (χ1v) is 10.7. The fourth-order valence-corrected chi connectivity index (χ4v) is 3.75. The molecular formula is C24H29N5O. The molecule has 0 saturated heterocycles. The monoisotopic (exact) mass is 403 g/mol. The van der Waals surface area contributed by atoms with Crippen molar-refractivity contribution in [3.8, 4) is 5.75 Å². The van der Waals surface area contributed by atoms with Gasteiger partial charge in [0, 0.05) is 18.4 Å². The number of ether oxygens (including phenoxy) is 1. The fourth-order valence-electron chi connectivity index (χ4n) is 3.75. The van der Waals surface area contributed by atoms with E-state index in [1.807, 2.05) is 30.3 Å². The quantitative estimate of drug-likeness (QED) is 0.407. The summed E-state index contributed by atoms with van der Waals surface area (Å²) in [5, 5.41) is 1.08. The number of hydrogen-bond acceptors (Lipinski definition) is 5. The first kappa shape index (κ1) is 20.2. The summed E-state index contributed by atoms with van der Waals surface area (Å²) in [6, 6.07) is 16.4. The predicted molar refractivity (Wildman–Crippen MR) is 123 cm³/mol. The van der Waals surface area contributed by atoms with Crippen LogP contribution in [0.5, 0.6) is 5.75 Å². The summed E-state index contributed by atoms with van der Waals surface area (Å²) in [7, 11) is 0. The summed E-state index contributed by atoms with van der Waals surface area (Å²) in [5.41, 5.74) is 15.8. The maximum Gasteiger partial charge on any atom is 0.152 e. The lowest BCUT2D eigenvalue weighted by atomic mass is 10.1. The Kier molecular flexibility index (Phi) is 6.14. The van der Waals surface area contributed by atoms with E-state index in [0.717, 1.165) is 65.7 Å². The number of para-hydroxylation sites is 1. The van der Waals surface area contributed by atoms with Crippen molar-refractivity contribution in [2.24, 2.45) is 5.73 Å². The number of aryl methyl sites for hydroxylation is 1. The lowest BCUT2D eigenvalue weighted by Crippen LogP contribution is -2.07. The van der Waals surface area contributed by atoms with Crippen molar-refractivity contribution in [3.05, 3.63) is 59.9 Å². The number of rotatable bonds is 9. The zero-order valence-corrected chi connectivity index (χ0v) is 17.5. The first-order valence-electron chi connectivity index (χ1n) is 10.7. The number of aromatic nitrogens is 3. The molecule has 0 amide bonds. The maximum absolute atomic E-state index is 6.29. The van der Waals surface area contributed by atoms with Crippen molar-refractivity contribution in [1.29, 1.82) is 0 Å². The van der Waals surface area contributed by atoms with Gasteiger partial charge in [0.2, 0.25) is 0 Å². The number of nitrogen functional groups attached to an aromatic ring is 1. The number of nitrogens with two attached hydrogens (primary N) is 2. The zero-order valence-electron chi connectivity index (χ0n) is 17.5. The largest absolute Gasteiger partial charge is 0.494 e. The van der Waals surface area contributed by atoms with E-state index in [0.29, 0.717) is 19.0 Å². The molecule has 6 nitrogen and oxygen atoms in total. The van der Waals surface area contributed by atoms with E-state index in [1.165, 1.54) is 5.56 Å². The highest BCUT2D eigenvalue weighted by molar-refractivity contribution is 6.06. The molecule has 0 radical (unpaired) electrons. The third-order valence-electron chi connectivity index (χ3n) is 5.32. The van der Waals surface area contributed by atoms with Gasteiger partial charge in [0.25, 0.3) is 0 Å². The first-order chi connectivity index (χ1) is 14.7. The molecule has 6 heteroatoms. The van der Waals surface area contributed by atoms with Gasteiger partial charge in [-0.15, -0.1) is 0 Å². The molecule has 0 aliphatic carbocycles. The Balaban J connectivity index is 1.74. The van der Waals surface area contributed by atoms with Crippen LogP contribution >= 0.6 is 0 Å². The molecule has 0 fully saturated rings. The number of benzene rings is 2. The highest BCUT2D eigenvalue weighted by atomic mass is 16.5. The molecule has 0 bridgehead atoms. The van der Waals surface area contributed by atoms with Crippen LogP contribution in [-0.4, -0.2) is 27.7 Å². The number of hydrogen-bond donors (Lipinski definition) is 2. The Bertz CT molecular complexity index is 1130. The van der Waals surface area contributed by atoms with Crippen LogP contribution in [0.15, 0.2) is 48.5 Å². The Labute approximate surface area is 176 Å². The van der Waals surface area contributed by atoms with Crippen molar-refractivity contribution in [2.45, 2.75) is 39.2 Å². The number of nitrogens with zero attached hydrogens (tertiary/aromatic N) is 3. The predicted octanol–water partition coefficient (Wildman–Crippen LogP) is 4.29. The van der Waals surface area contributed by atoms with Gasteiger partial charge in [-0.3, -0.25) is 0 Å². The summed E-state index contributed by atoms with van der Waals surface area (Å²) < 4.78 is 8.03. The number of imidazole rings is 1. The van der Waals surface area contributed by atoms with E-state index in [2.05, 4.69) is 34.7 Å². The third-order valence-corrected chi connectivity index (χ3v) is 5.32. The molecule has 0 atom stereocenters. The average Bonchev–Trinajstić information content (AvgIpc) is 3.13. The van der Waals surface area contributed by atoms with Crippen molar-refractivity contribution >= 4 is 27.8 Å². The van der Waals surface area contributed by atoms with E-state index < -0.39 is 0 Å². The van der Waals surface area contributed by atoms with Crippen molar-refractivity contribution in [3.63, 3.8) is 0 Å². The minimum Gasteiger partial charge on any atom is -0.494 e. The summed E-state index contributed by atoms with van der Waals surface area (Å²) in [6.07, 6.45) is 3.97. The molecule has 0 aliphatic rings. The summed E-state index contributed by atoms with van der Waals surface area (Å²) >= 11 is 0. The smallest absolute Gasteiger partial charge is 0.152 e. The van der Waals surface area contributed by atoms with Gasteiger partial charge < -0.3 is 20.8 Å². The second kappa shape index (κ2) is 9.13. The van der Waals surface area contributed by atoms with Gasteiger partial charge in [-0.25, -0.2) is 9.97 Å². The number of fused-ring (bicyclic) bond motifs is 3. The molecule has 4 N–H and O–H groups in total. The van der Waals surface area contributed by atoms with E-state index >= 15 is 0 Å². The average molecular weight is 404 g/mol. The highest BCUT2D eigenvalue weighted by Gasteiger charge is 2.17. The maximum atomic E-state index is 6.29. The van der Waals surface area contributed by atoms with Crippen molar-refractivity contribution in [1.82, 2.24) is 14.5 Å². The molecule has 0 unspecified atom stereocenters. The molecule has 30 heavy (non-hydrogen) atoms. The van der Waals surface area contributed by atoms with Crippen LogP contribution in [0.25, 0.3) is 21.9 Å². The van der Waals surface area contributed by atoms with Crippen LogP contribution in [0.3, 0.4) is 0 Å². The van der Waals surface area contributed by atoms with Gasteiger partial charge in [-0.2, -0.15) is 0 Å². The lowest BCUT2D eigenvalue weighted by molar-refractivity contribution is 0.313. The molecule has 2 aromatic heterocycles. The van der Waals surface area contributed by atoms with Gasteiger partial charge in [0.15, 0.2) is 5.82 Å². The zero-order chi connectivity index (χ0) is 20.9. The number of pyridine rings is 1. The van der Waals surface area contributed by atoms with Crippen LogP contribution in [0.4, 0.5) is 5.82 Å². The van der Waals surface area contributed by atoms with E-state index in [-0.39, 0.29) is 0 Å². The minimum atomic E-state index is 0.490. The van der Waals surface area contributed by atoms with E-state index in [9.17, 15) is 0 Å². The van der Waals surface area contributed by atoms with Gasteiger partial charge in [-0.1, -0.05) is 43.7 Å². The van der Waals surface area contributed by atoms with Crippen LogP contribution in [-0.2, 0) is 13.0 Å². The molecule has 2 heterocycles. The Hall–Kier alpha value is -3.12. The van der Waals surface area contributed by atoms with Gasteiger partial charge in [-0.05, 0) is 43.1 Å². The van der Waals surface area contributed by atoms with Crippen LogP contribution < -0.4 is 16.2 Å². The standard InChI is InChI=1S/C24H29N5O/c1-2-3-9-21-28-22-23(19-7-4-5-8-20(19)27-24(22)26)29(21)16-17-10-12-18(13-11-17)30-15-6-14-25/h4-5,7-8,10-13H,2-3,6,9,14-16,25H2,1H3,(H2,26,27). The molecule has 4 aromatic rings. The topological polar surface area (TPSA) is 92.0 Å². The fraction of sp³-hybridized carbons (Fsp3) is 0.333. The van der Waals surface area contributed by atoms with Gasteiger partial charge >= 0.3 is 0 Å². The molecule has 2 aromatic carbocycles. The van der Waals surface area contributed by atoms with Gasteiger partial charge in [0.05, 0.1) is 17.6 Å². The molecule has 0 spiro atoms. The highest BCUT2D eigenvalue weighted by Crippen LogP contribution is 2.30. The summed E-state index contributed by atoms with van der Waals surface area (Å²) in [6.45, 7) is 4.20. The Morgan fingerprint density at radius 1 is 1.00 bits per heavy atom. The summed E-state index contributed by atoms with van der Waals surface area (Å²) in [5.74, 6) is 2.41. The van der Waals surface area contributed by atoms with Crippen LogP contribution in [0.2, 0.25) is 0 Å². The lowest BCUT2D eigenvalue weighted by Gasteiger charge is -2.12. The third kappa shape index (κ3) is 4.09. The number of unbranched alkanes of at least 4 members (excludes halogenated alkanes) is 1. The van der Waals surface area contributed by atoms with E-state index in [1.54, 1.807) is 0 Å². The minimum absolute atomic E-state index is 0.490. The van der Waals surface area contributed by atoms with E-state index in [4.69, 9.17) is 21.2 Å². The van der Waals surface area contributed by atoms with Crippen molar-refractivity contribution in [2.75, 3.05) is 18.9 Å². The second-order valence-corrected chi connectivity index (χ2v) is 7.56. The molecule has 4 rings (SSSR count). The van der Waals surface area contributed by atoms with Crippen molar-refractivity contribution < 1.29 is 4.74 Å². The van der Waals surface area contributed by atoms with Gasteiger partial charge in [0.1, 0.15) is 17.1 Å². The molecule has 156 valence electrons. The second-order valence-electron chi connectivity index (χ2n) is 7.56. The Morgan fingerprint density at radius 2 is 1.80 bits per heavy atom. The Morgan fingerprint density at radius 3 is 2.57 bits per heavy atom. The van der Waals surface area contributed by atoms with Crippen LogP contribution in [0, 0.1) is 0 Å². The SMILES string of the molecule is CCCCc1nc2c(N)nc3ccccc3c2n1Cc1ccc(OCCCN)cc1. The van der Waals surface area contributed by atoms with Crippen LogP contribution in [0.1, 0.15) is 37.6 Å². The summed E-state index contributed by atoms with van der Waals surface area (Å²) in [4.78, 5) is 9.47. The number of anilines is 1. The normalized spacial score (nSPS) is 11.4. The molecule has 0 saturated carbocycles. The molecular weight excluding hydrogens is 374 g/mol. The molecule has 0 aliphatic heterocycles.